The maximum absolute atomic E-state index is 2.33. The van der Waals surface area contributed by atoms with Crippen LogP contribution in [0.4, 0.5) is 0 Å². The Kier molecular flexibility index (Phi) is 2.80. The van der Waals surface area contributed by atoms with Gasteiger partial charge < -0.3 is 0 Å². The fourth-order valence-electron chi connectivity index (χ4n) is 2.60. The van der Waals surface area contributed by atoms with Crippen LogP contribution in [-0.4, -0.2) is 4.40 Å². The van der Waals surface area contributed by atoms with Gasteiger partial charge >= 0.3 is 0 Å². The maximum atomic E-state index is 2.33. The molecular weight excluding hydrogens is 220 g/mol. The summed E-state index contributed by atoms with van der Waals surface area (Å²) in [4.78, 5) is 0. The van der Waals surface area contributed by atoms with Crippen molar-refractivity contribution in [3.05, 3.63) is 35.8 Å². The van der Waals surface area contributed by atoms with Crippen LogP contribution >= 0.6 is 0 Å². The van der Waals surface area contributed by atoms with Crippen LogP contribution in [0.2, 0.25) is 0 Å². The molecule has 0 amide bonds. The Bertz CT molecular complexity index is 577. The minimum absolute atomic E-state index is 0.142. The van der Waals surface area contributed by atoms with Gasteiger partial charge in [-0.2, -0.15) is 0 Å². The number of nitrogens with zero attached hydrogens (tertiary/aromatic N) is 2. The minimum atomic E-state index is 0.142. The van der Waals surface area contributed by atoms with Gasteiger partial charge in [-0.1, -0.05) is 41.5 Å². The molecule has 0 radical (unpaired) electrons. The standard InChI is InChI=1S/C16H25N2/c1-15(2,3)12-11-13-17(7)9-8-10-18(13)14(12)16(4,5)6/h8-11H,1-7H3/q+1. The minimum Gasteiger partial charge on any atom is -0.236 e. The summed E-state index contributed by atoms with van der Waals surface area (Å²) in [5, 5.41) is 0. The number of fused-ring (bicyclic) bond motifs is 1. The van der Waals surface area contributed by atoms with Crippen LogP contribution in [0.1, 0.15) is 52.8 Å². The molecule has 2 rings (SSSR count). The van der Waals surface area contributed by atoms with Gasteiger partial charge in [-0.05, 0) is 5.41 Å². The molecule has 0 N–H and O–H groups in total. The van der Waals surface area contributed by atoms with Crippen molar-refractivity contribution in [2.45, 2.75) is 52.4 Å². The van der Waals surface area contributed by atoms with E-state index in [0.29, 0.717) is 0 Å². The third kappa shape index (κ3) is 2.05. The second kappa shape index (κ2) is 3.84. The van der Waals surface area contributed by atoms with E-state index in [0.717, 1.165) is 0 Å². The smallest absolute Gasteiger partial charge is 0.236 e. The van der Waals surface area contributed by atoms with Crippen molar-refractivity contribution in [3.8, 4) is 0 Å². The molecule has 0 spiro atoms. The summed E-state index contributed by atoms with van der Waals surface area (Å²) in [6, 6.07) is 4.44. The molecule has 0 saturated heterocycles. The summed E-state index contributed by atoms with van der Waals surface area (Å²) in [5.74, 6) is 0. The average molecular weight is 245 g/mol. The highest BCUT2D eigenvalue weighted by Gasteiger charge is 2.33. The molecule has 2 aromatic heterocycles. The van der Waals surface area contributed by atoms with E-state index in [2.05, 4.69) is 82.1 Å². The number of rotatable bonds is 0. The van der Waals surface area contributed by atoms with E-state index in [1.165, 1.54) is 16.9 Å². The Hall–Kier alpha value is -1.31. The van der Waals surface area contributed by atoms with Gasteiger partial charge in [0.2, 0.25) is 0 Å². The van der Waals surface area contributed by atoms with E-state index in [9.17, 15) is 0 Å². The van der Waals surface area contributed by atoms with E-state index >= 15 is 0 Å². The normalized spacial score (nSPS) is 13.3. The lowest BCUT2D eigenvalue weighted by atomic mass is 9.79. The molecule has 2 aromatic rings. The highest BCUT2D eigenvalue weighted by Crippen LogP contribution is 2.35. The first-order valence-electron chi connectivity index (χ1n) is 6.63. The SMILES string of the molecule is C[n+]1cccn2c(C(C)(C)C)c(C(C)(C)C)cc21. The van der Waals surface area contributed by atoms with Crippen molar-refractivity contribution in [2.24, 2.45) is 7.05 Å². The molecule has 98 valence electrons. The Balaban J connectivity index is 2.91. The van der Waals surface area contributed by atoms with Gasteiger partial charge in [0.1, 0.15) is 5.69 Å². The van der Waals surface area contributed by atoms with Crippen molar-refractivity contribution in [1.82, 2.24) is 4.40 Å². The number of hydrogen-bond donors (Lipinski definition) is 0. The van der Waals surface area contributed by atoms with Gasteiger partial charge in [0.25, 0.3) is 5.65 Å². The fourth-order valence-corrected chi connectivity index (χ4v) is 2.60. The quantitative estimate of drug-likeness (QED) is 0.629. The predicted octanol–water partition coefficient (Wildman–Crippen LogP) is 3.36. The van der Waals surface area contributed by atoms with E-state index in [4.69, 9.17) is 0 Å². The van der Waals surface area contributed by atoms with Crippen LogP contribution in [0.25, 0.3) is 5.65 Å². The third-order valence-corrected chi connectivity index (χ3v) is 3.44. The Labute approximate surface area is 110 Å². The van der Waals surface area contributed by atoms with Crippen LogP contribution in [0.15, 0.2) is 24.5 Å². The first-order valence-corrected chi connectivity index (χ1v) is 6.63. The monoisotopic (exact) mass is 245 g/mol. The molecule has 0 saturated carbocycles. The van der Waals surface area contributed by atoms with Crippen LogP contribution in [0.5, 0.6) is 0 Å². The average Bonchev–Trinajstić information content (AvgIpc) is 2.56. The van der Waals surface area contributed by atoms with Crippen molar-refractivity contribution in [1.29, 1.82) is 0 Å². The van der Waals surface area contributed by atoms with E-state index in [-0.39, 0.29) is 10.8 Å². The zero-order valence-electron chi connectivity index (χ0n) is 12.7. The fraction of sp³-hybridized carbons (Fsp3) is 0.562. The second-order valence-corrected chi connectivity index (χ2v) is 7.24. The summed E-state index contributed by atoms with van der Waals surface area (Å²) in [7, 11) is 2.11. The van der Waals surface area contributed by atoms with Crippen LogP contribution < -0.4 is 4.57 Å². The maximum Gasteiger partial charge on any atom is 0.286 e. The van der Waals surface area contributed by atoms with Gasteiger partial charge in [-0.3, -0.25) is 0 Å². The summed E-state index contributed by atoms with van der Waals surface area (Å²) < 4.78 is 4.52. The summed E-state index contributed by atoms with van der Waals surface area (Å²) in [5.41, 5.74) is 4.43. The Morgan fingerprint density at radius 2 is 1.61 bits per heavy atom. The molecule has 0 bridgehead atoms. The predicted molar refractivity (Wildman–Crippen MR) is 76.0 cm³/mol. The number of aryl methyl sites for hydroxylation is 1. The van der Waals surface area contributed by atoms with Crippen molar-refractivity contribution >= 4 is 5.65 Å². The molecule has 2 heteroatoms. The largest absolute Gasteiger partial charge is 0.286 e. The first-order chi connectivity index (χ1) is 8.12. The zero-order valence-corrected chi connectivity index (χ0v) is 12.7. The molecular formula is C16H25N2+. The lowest BCUT2D eigenvalue weighted by Crippen LogP contribution is -2.30. The highest BCUT2D eigenvalue weighted by molar-refractivity contribution is 5.48. The van der Waals surface area contributed by atoms with E-state index < -0.39 is 0 Å². The van der Waals surface area contributed by atoms with Crippen LogP contribution in [0, 0.1) is 0 Å². The molecule has 2 nitrogen and oxygen atoms in total. The molecule has 2 heterocycles. The molecule has 0 aliphatic carbocycles. The van der Waals surface area contributed by atoms with Crippen molar-refractivity contribution in [2.75, 3.05) is 0 Å². The van der Waals surface area contributed by atoms with Crippen LogP contribution in [-0.2, 0) is 17.9 Å². The lowest BCUT2D eigenvalue weighted by Gasteiger charge is -2.24. The molecule has 0 aliphatic rings. The highest BCUT2D eigenvalue weighted by atomic mass is 15.1. The molecule has 0 fully saturated rings. The Morgan fingerprint density at radius 3 is 2.11 bits per heavy atom. The summed E-state index contributed by atoms with van der Waals surface area (Å²) >= 11 is 0. The molecule has 0 atom stereocenters. The van der Waals surface area contributed by atoms with Crippen LogP contribution in [0.3, 0.4) is 0 Å². The molecule has 0 aliphatic heterocycles. The topological polar surface area (TPSA) is 8.29 Å². The second-order valence-electron chi connectivity index (χ2n) is 7.24. The zero-order chi connectivity index (χ0) is 13.7. The van der Waals surface area contributed by atoms with Gasteiger partial charge in [0.05, 0.1) is 19.4 Å². The molecule has 18 heavy (non-hydrogen) atoms. The van der Waals surface area contributed by atoms with Crippen molar-refractivity contribution in [3.63, 3.8) is 0 Å². The molecule has 0 aromatic carbocycles. The Morgan fingerprint density at radius 1 is 1.00 bits per heavy atom. The van der Waals surface area contributed by atoms with E-state index in [1.807, 2.05) is 0 Å². The van der Waals surface area contributed by atoms with E-state index in [1.54, 1.807) is 0 Å². The lowest BCUT2D eigenvalue weighted by molar-refractivity contribution is -0.648. The van der Waals surface area contributed by atoms with Gasteiger partial charge in [0, 0.05) is 23.1 Å². The summed E-state index contributed by atoms with van der Waals surface area (Å²) in [6.45, 7) is 13.7. The van der Waals surface area contributed by atoms with Gasteiger partial charge in [0.15, 0.2) is 0 Å². The van der Waals surface area contributed by atoms with Gasteiger partial charge in [-0.15, -0.1) is 0 Å². The summed E-state index contributed by atoms with van der Waals surface area (Å²) in [6.07, 6.45) is 4.28. The number of hydrogen-bond acceptors (Lipinski definition) is 0. The third-order valence-electron chi connectivity index (χ3n) is 3.44. The molecule has 0 unspecified atom stereocenters. The van der Waals surface area contributed by atoms with Crippen molar-refractivity contribution < 1.29 is 4.57 Å². The van der Waals surface area contributed by atoms with Gasteiger partial charge in [-0.25, -0.2) is 8.97 Å². The number of aromatic nitrogens is 2. The first kappa shape index (κ1) is 13.1.